The van der Waals surface area contributed by atoms with Crippen LogP contribution in [0.2, 0.25) is 10.0 Å². The molecule has 166 valence electrons. The SMILES string of the molecule is O=C(CN1CCN(CCO)CC1)N1CCCC(c2ccc(Cl)cc2)c2ccc(Cl)cc21. The minimum Gasteiger partial charge on any atom is -0.395 e. The number of anilines is 1. The van der Waals surface area contributed by atoms with Crippen molar-refractivity contribution in [3.05, 3.63) is 63.6 Å². The van der Waals surface area contributed by atoms with Crippen LogP contribution in [-0.2, 0) is 4.79 Å². The first-order chi connectivity index (χ1) is 15.0. The molecule has 1 saturated heterocycles. The number of benzene rings is 2. The summed E-state index contributed by atoms with van der Waals surface area (Å²) in [6, 6.07) is 13.9. The molecule has 0 aliphatic carbocycles. The molecule has 1 unspecified atom stereocenters. The van der Waals surface area contributed by atoms with Crippen molar-refractivity contribution in [1.82, 2.24) is 9.80 Å². The van der Waals surface area contributed by atoms with Gasteiger partial charge in [0.05, 0.1) is 13.2 Å². The fraction of sp³-hybridized carbons (Fsp3) is 0.458. The molecule has 1 amide bonds. The number of rotatable bonds is 5. The van der Waals surface area contributed by atoms with Crippen molar-refractivity contribution in [3.63, 3.8) is 0 Å². The summed E-state index contributed by atoms with van der Waals surface area (Å²) in [6.45, 7) is 5.44. The first-order valence-corrected chi connectivity index (χ1v) is 11.7. The predicted molar refractivity (Wildman–Crippen MR) is 126 cm³/mol. The number of piperazine rings is 1. The van der Waals surface area contributed by atoms with Crippen molar-refractivity contribution in [2.45, 2.75) is 18.8 Å². The highest BCUT2D eigenvalue weighted by atomic mass is 35.5. The number of aliphatic hydroxyl groups excluding tert-OH is 1. The number of hydrogen-bond acceptors (Lipinski definition) is 4. The zero-order chi connectivity index (χ0) is 21.8. The summed E-state index contributed by atoms with van der Waals surface area (Å²) in [5, 5.41) is 10.5. The van der Waals surface area contributed by atoms with Crippen LogP contribution in [0.3, 0.4) is 0 Å². The molecule has 0 radical (unpaired) electrons. The molecular formula is C24H29Cl2N3O2. The van der Waals surface area contributed by atoms with Crippen LogP contribution >= 0.6 is 23.2 Å². The van der Waals surface area contributed by atoms with Gasteiger partial charge in [-0.25, -0.2) is 0 Å². The van der Waals surface area contributed by atoms with E-state index < -0.39 is 0 Å². The third-order valence-electron chi connectivity index (χ3n) is 6.35. The summed E-state index contributed by atoms with van der Waals surface area (Å²) in [5.41, 5.74) is 3.28. The Morgan fingerprint density at radius 1 is 0.935 bits per heavy atom. The van der Waals surface area contributed by atoms with Gasteiger partial charge in [0.2, 0.25) is 5.91 Å². The normalized spacial score (nSPS) is 20.4. The van der Waals surface area contributed by atoms with Crippen LogP contribution in [0.4, 0.5) is 5.69 Å². The Kier molecular flexibility index (Phi) is 7.51. The number of hydrogen-bond donors (Lipinski definition) is 1. The lowest BCUT2D eigenvalue weighted by atomic mass is 9.87. The lowest BCUT2D eigenvalue weighted by Crippen LogP contribution is -2.50. The summed E-state index contributed by atoms with van der Waals surface area (Å²) in [7, 11) is 0. The van der Waals surface area contributed by atoms with E-state index in [2.05, 4.69) is 28.0 Å². The molecule has 1 N–H and O–H groups in total. The van der Waals surface area contributed by atoms with Crippen LogP contribution in [0.5, 0.6) is 0 Å². The summed E-state index contributed by atoms with van der Waals surface area (Å²) >= 11 is 12.5. The van der Waals surface area contributed by atoms with Crippen LogP contribution in [0, 0.1) is 0 Å². The minimum atomic E-state index is 0.121. The van der Waals surface area contributed by atoms with Gasteiger partial charge in [-0.05, 0) is 48.2 Å². The lowest BCUT2D eigenvalue weighted by molar-refractivity contribution is -0.120. The number of carbonyl (C=O) groups excluding carboxylic acids is 1. The number of halogens is 2. The van der Waals surface area contributed by atoms with Crippen molar-refractivity contribution in [3.8, 4) is 0 Å². The molecular weight excluding hydrogens is 433 g/mol. The first-order valence-electron chi connectivity index (χ1n) is 11.0. The molecule has 2 aromatic carbocycles. The van der Waals surface area contributed by atoms with E-state index >= 15 is 0 Å². The third-order valence-corrected chi connectivity index (χ3v) is 6.83. The molecule has 4 rings (SSSR count). The summed E-state index contributed by atoms with van der Waals surface area (Å²) in [6.07, 6.45) is 1.90. The van der Waals surface area contributed by atoms with Gasteiger partial charge in [-0.15, -0.1) is 0 Å². The Bertz CT molecular complexity index is 898. The average Bonchev–Trinajstić information content (AvgIpc) is 2.95. The molecule has 2 aliphatic rings. The van der Waals surface area contributed by atoms with Gasteiger partial charge < -0.3 is 10.0 Å². The van der Waals surface area contributed by atoms with Gasteiger partial charge in [-0.3, -0.25) is 14.6 Å². The second-order valence-corrected chi connectivity index (χ2v) is 9.21. The summed E-state index contributed by atoms with van der Waals surface area (Å²) < 4.78 is 0. The minimum absolute atomic E-state index is 0.121. The van der Waals surface area contributed by atoms with E-state index in [-0.39, 0.29) is 18.4 Å². The molecule has 2 heterocycles. The van der Waals surface area contributed by atoms with Gasteiger partial charge in [0, 0.05) is 60.9 Å². The van der Waals surface area contributed by atoms with Gasteiger partial charge in [0.15, 0.2) is 0 Å². The van der Waals surface area contributed by atoms with Crippen molar-refractivity contribution >= 4 is 34.8 Å². The molecule has 2 aliphatic heterocycles. The van der Waals surface area contributed by atoms with Crippen molar-refractivity contribution < 1.29 is 9.90 Å². The number of aliphatic hydroxyl groups is 1. The van der Waals surface area contributed by atoms with Crippen molar-refractivity contribution in [2.75, 3.05) is 57.3 Å². The quantitative estimate of drug-likeness (QED) is 0.733. The fourth-order valence-electron chi connectivity index (χ4n) is 4.66. The third kappa shape index (κ3) is 5.41. The highest BCUT2D eigenvalue weighted by molar-refractivity contribution is 6.31. The van der Waals surface area contributed by atoms with E-state index in [0.29, 0.717) is 24.7 Å². The van der Waals surface area contributed by atoms with Gasteiger partial charge in [-0.1, -0.05) is 41.4 Å². The molecule has 0 spiro atoms. The number of nitrogens with zero attached hydrogens (tertiary/aromatic N) is 3. The molecule has 0 bridgehead atoms. The topological polar surface area (TPSA) is 47.0 Å². The van der Waals surface area contributed by atoms with Crippen LogP contribution < -0.4 is 4.90 Å². The zero-order valence-electron chi connectivity index (χ0n) is 17.6. The molecule has 1 fully saturated rings. The van der Waals surface area contributed by atoms with E-state index in [1.165, 1.54) is 5.56 Å². The summed E-state index contributed by atoms with van der Waals surface area (Å²) in [4.78, 5) is 19.7. The van der Waals surface area contributed by atoms with Gasteiger partial charge in [0.25, 0.3) is 0 Å². The maximum absolute atomic E-state index is 13.4. The smallest absolute Gasteiger partial charge is 0.241 e. The van der Waals surface area contributed by atoms with E-state index in [9.17, 15) is 4.79 Å². The van der Waals surface area contributed by atoms with Crippen LogP contribution in [-0.4, -0.2) is 73.2 Å². The highest BCUT2D eigenvalue weighted by Crippen LogP contribution is 2.40. The van der Waals surface area contributed by atoms with Crippen LogP contribution in [0.15, 0.2) is 42.5 Å². The number of fused-ring (bicyclic) bond motifs is 1. The Morgan fingerprint density at radius 2 is 1.61 bits per heavy atom. The van der Waals surface area contributed by atoms with Crippen LogP contribution in [0.25, 0.3) is 0 Å². The number of carbonyl (C=O) groups is 1. The highest BCUT2D eigenvalue weighted by Gasteiger charge is 2.29. The zero-order valence-corrected chi connectivity index (χ0v) is 19.2. The Morgan fingerprint density at radius 3 is 2.32 bits per heavy atom. The first kappa shape index (κ1) is 22.6. The van der Waals surface area contributed by atoms with E-state index in [1.807, 2.05) is 29.2 Å². The van der Waals surface area contributed by atoms with Gasteiger partial charge >= 0.3 is 0 Å². The molecule has 0 aromatic heterocycles. The maximum atomic E-state index is 13.4. The molecule has 7 heteroatoms. The predicted octanol–water partition coefficient (Wildman–Crippen LogP) is 3.86. The molecule has 5 nitrogen and oxygen atoms in total. The molecule has 2 aromatic rings. The number of β-amino-alcohol motifs (C(OH)–C–C–N with tert-alkyl or cyclic N) is 1. The Balaban J connectivity index is 1.54. The van der Waals surface area contributed by atoms with E-state index in [0.717, 1.165) is 55.3 Å². The standard InChI is InChI=1S/C24H29Cl2N3O2/c25-19-5-3-18(4-6-19)21-2-1-9-29(23-16-20(26)7-8-22(21)23)24(31)17-28-12-10-27(11-13-28)14-15-30/h3-8,16,21,30H,1-2,9-15,17H2. The Hall–Kier alpha value is -1.63. The van der Waals surface area contributed by atoms with E-state index in [4.69, 9.17) is 28.3 Å². The number of amides is 1. The molecule has 31 heavy (non-hydrogen) atoms. The van der Waals surface area contributed by atoms with Gasteiger partial charge in [-0.2, -0.15) is 0 Å². The van der Waals surface area contributed by atoms with Crippen LogP contribution in [0.1, 0.15) is 29.9 Å². The second kappa shape index (κ2) is 10.3. The van der Waals surface area contributed by atoms with Gasteiger partial charge in [0.1, 0.15) is 0 Å². The molecule has 0 saturated carbocycles. The van der Waals surface area contributed by atoms with E-state index in [1.54, 1.807) is 0 Å². The van der Waals surface area contributed by atoms with Crippen molar-refractivity contribution in [1.29, 1.82) is 0 Å². The molecule has 1 atom stereocenters. The second-order valence-electron chi connectivity index (χ2n) is 8.34. The monoisotopic (exact) mass is 461 g/mol. The largest absolute Gasteiger partial charge is 0.395 e. The fourth-order valence-corrected chi connectivity index (χ4v) is 4.96. The lowest BCUT2D eigenvalue weighted by Gasteiger charge is -2.35. The van der Waals surface area contributed by atoms with Crippen molar-refractivity contribution in [2.24, 2.45) is 0 Å². The summed E-state index contributed by atoms with van der Waals surface area (Å²) in [5.74, 6) is 0.334. The average molecular weight is 462 g/mol. The Labute approximate surface area is 194 Å². The maximum Gasteiger partial charge on any atom is 0.241 e.